The first-order valence-electron chi connectivity index (χ1n) is 9.26. The predicted molar refractivity (Wildman–Crippen MR) is 106 cm³/mol. The molecule has 0 radical (unpaired) electrons. The molecule has 1 aliphatic rings. The lowest BCUT2D eigenvalue weighted by molar-refractivity contribution is 0.724. The van der Waals surface area contributed by atoms with E-state index in [2.05, 4.69) is 66.7 Å². The number of fused-ring (bicyclic) bond motifs is 2. The third kappa shape index (κ3) is 2.60. The maximum Gasteiger partial charge on any atom is 0.0780 e. The highest BCUT2D eigenvalue weighted by Gasteiger charge is 2.17. The second-order valence-electron chi connectivity index (χ2n) is 7.18. The van der Waals surface area contributed by atoms with Gasteiger partial charge in [0, 0.05) is 17.1 Å². The van der Waals surface area contributed by atoms with Crippen LogP contribution in [0.5, 0.6) is 0 Å². The van der Waals surface area contributed by atoms with Crippen molar-refractivity contribution in [1.82, 2.24) is 4.98 Å². The summed E-state index contributed by atoms with van der Waals surface area (Å²) in [6.07, 6.45) is 7.39. The van der Waals surface area contributed by atoms with Gasteiger partial charge in [0.25, 0.3) is 0 Å². The number of pyridine rings is 1. The van der Waals surface area contributed by atoms with E-state index in [9.17, 15) is 0 Å². The molecule has 1 nitrogen and oxygen atoms in total. The number of nitrogens with zero attached hydrogens (tertiary/aromatic N) is 1. The molecule has 1 aliphatic carbocycles. The van der Waals surface area contributed by atoms with Crippen molar-refractivity contribution in [2.24, 2.45) is 0 Å². The van der Waals surface area contributed by atoms with Crippen molar-refractivity contribution >= 4 is 21.5 Å². The molecule has 0 atom stereocenters. The van der Waals surface area contributed by atoms with Crippen LogP contribution in [0.4, 0.5) is 0 Å². The molecule has 3 aromatic carbocycles. The number of rotatable bonds is 2. The molecule has 25 heavy (non-hydrogen) atoms. The molecule has 0 spiro atoms. The molecule has 0 unspecified atom stereocenters. The van der Waals surface area contributed by atoms with Gasteiger partial charge in [0.05, 0.1) is 5.69 Å². The summed E-state index contributed by atoms with van der Waals surface area (Å²) < 4.78 is 0. The Hall–Kier alpha value is -2.67. The Morgan fingerprint density at radius 2 is 1.56 bits per heavy atom. The van der Waals surface area contributed by atoms with E-state index in [0.717, 1.165) is 11.6 Å². The Morgan fingerprint density at radius 3 is 2.44 bits per heavy atom. The van der Waals surface area contributed by atoms with Gasteiger partial charge in [-0.05, 0) is 52.6 Å². The number of benzene rings is 3. The minimum Gasteiger partial charge on any atom is -0.256 e. The van der Waals surface area contributed by atoms with Gasteiger partial charge in [0.1, 0.15) is 0 Å². The lowest BCUT2D eigenvalue weighted by atomic mass is 9.94. The normalized spacial score (nSPS) is 15.2. The Balaban J connectivity index is 1.64. The first kappa shape index (κ1) is 14.7. The maximum absolute atomic E-state index is 4.71. The molecular formula is C24H21N. The molecular weight excluding hydrogens is 302 g/mol. The lowest BCUT2D eigenvalue weighted by Crippen LogP contribution is -1.93. The summed E-state index contributed by atoms with van der Waals surface area (Å²) in [5, 5.41) is 5.10. The molecule has 122 valence electrons. The van der Waals surface area contributed by atoms with Gasteiger partial charge in [0.2, 0.25) is 0 Å². The average Bonchev–Trinajstić information content (AvgIpc) is 3.21. The molecule has 5 rings (SSSR count). The number of hydrogen-bond acceptors (Lipinski definition) is 1. The molecule has 0 amide bonds. The van der Waals surface area contributed by atoms with Crippen LogP contribution in [-0.2, 0) is 0 Å². The molecule has 4 aromatic rings. The lowest BCUT2D eigenvalue weighted by Gasteiger charge is -2.12. The zero-order valence-corrected chi connectivity index (χ0v) is 14.3. The van der Waals surface area contributed by atoms with Gasteiger partial charge in [0.15, 0.2) is 0 Å². The summed E-state index contributed by atoms with van der Waals surface area (Å²) in [6, 6.07) is 24.3. The first-order chi connectivity index (χ1) is 12.4. The summed E-state index contributed by atoms with van der Waals surface area (Å²) in [6.45, 7) is 0. The molecule has 0 N–H and O–H groups in total. The fraction of sp³-hybridized carbons (Fsp3) is 0.208. The van der Waals surface area contributed by atoms with Crippen LogP contribution in [0.1, 0.15) is 37.2 Å². The molecule has 1 aromatic heterocycles. The van der Waals surface area contributed by atoms with E-state index in [0.29, 0.717) is 0 Å². The van der Waals surface area contributed by atoms with Crippen molar-refractivity contribution in [2.75, 3.05) is 0 Å². The predicted octanol–water partition coefficient (Wildman–Crippen LogP) is 6.71. The second-order valence-corrected chi connectivity index (χ2v) is 7.18. The summed E-state index contributed by atoms with van der Waals surface area (Å²) in [5.74, 6) is 0.752. The van der Waals surface area contributed by atoms with E-state index >= 15 is 0 Å². The van der Waals surface area contributed by atoms with E-state index in [1.165, 1.54) is 58.4 Å². The SMILES string of the molecule is c1ccc2cc(-c3nccc4cc(C5CCCC5)ccc34)ccc2c1. The molecule has 1 heteroatoms. The van der Waals surface area contributed by atoms with Gasteiger partial charge in [-0.2, -0.15) is 0 Å². The van der Waals surface area contributed by atoms with Crippen LogP contribution in [0.3, 0.4) is 0 Å². The fourth-order valence-corrected chi connectivity index (χ4v) is 4.28. The van der Waals surface area contributed by atoms with Gasteiger partial charge >= 0.3 is 0 Å². The van der Waals surface area contributed by atoms with Crippen molar-refractivity contribution < 1.29 is 0 Å². The maximum atomic E-state index is 4.71. The summed E-state index contributed by atoms with van der Waals surface area (Å²) in [7, 11) is 0. The first-order valence-corrected chi connectivity index (χ1v) is 9.26. The molecule has 1 saturated carbocycles. The Kier molecular flexibility index (Phi) is 3.52. The van der Waals surface area contributed by atoms with Crippen molar-refractivity contribution in [3.05, 3.63) is 78.5 Å². The smallest absolute Gasteiger partial charge is 0.0780 e. The van der Waals surface area contributed by atoms with Crippen LogP contribution >= 0.6 is 0 Å². The quantitative estimate of drug-likeness (QED) is 0.399. The monoisotopic (exact) mass is 323 g/mol. The van der Waals surface area contributed by atoms with E-state index < -0.39 is 0 Å². The van der Waals surface area contributed by atoms with Crippen molar-refractivity contribution in [1.29, 1.82) is 0 Å². The highest BCUT2D eigenvalue weighted by atomic mass is 14.7. The van der Waals surface area contributed by atoms with Gasteiger partial charge in [-0.1, -0.05) is 67.4 Å². The number of hydrogen-bond donors (Lipinski definition) is 0. The van der Waals surface area contributed by atoms with Crippen LogP contribution < -0.4 is 0 Å². The minimum atomic E-state index is 0.752. The second kappa shape index (κ2) is 6.00. The van der Waals surface area contributed by atoms with Crippen molar-refractivity contribution in [2.45, 2.75) is 31.6 Å². The fourth-order valence-electron chi connectivity index (χ4n) is 4.28. The van der Waals surface area contributed by atoms with Gasteiger partial charge < -0.3 is 0 Å². The van der Waals surface area contributed by atoms with E-state index in [1.54, 1.807) is 0 Å². The van der Waals surface area contributed by atoms with Crippen LogP contribution in [0.2, 0.25) is 0 Å². The molecule has 0 bridgehead atoms. The van der Waals surface area contributed by atoms with E-state index in [4.69, 9.17) is 4.98 Å². The van der Waals surface area contributed by atoms with Gasteiger partial charge in [-0.3, -0.25) is 4.98 Å². The number of aromatic nitrogens is 1. The summed E-state index contributed by atoms with van der Waals surface area (Å²) in [5.41, 5.74) is 3.78. The molecule has 0 saturated heterocycles. The molecule has 0 aliphatic heterocycles. The standard InChI is InChI=1S/C24H21N/c1-2-6-17(5-1)20-11-12-23-21(15-20)13-14-25-24(23)22-10-9-18-7-3-4-8-19(18)16-22/h3-4,7-17H,1-2,5-6H2. The zero-order chi connectivity index (χ0) is 16.6. The van der Waals surface area contributed by atoms with Crippen LogP contribution in [0, 0.1) is 0 Å². The van der Waals surface area contributed by atoms with E-state index in [1.807, 2.05) is 6.20 Å². The highest BCUT2D eigenvalue weighted by Crippen LogP contribution is 2.36. The van der Waals surface area contributed by atoms with Gasteiger partial charge in [-0.15, -0.1) is 0 Å². The molecule has 1 heterocycles. The summed E-state index contributed by atoms with van der Waals surface area (Å²) >= 11 is 0. The molecule has 1 fully saturated rings. The Bertz CT molecular complexity index is 1060. The Morgan fingerprint density at radius 1 is 0.720 bits per heavy atom. The van der Waals surface area contributed by atoms with E-state index in [-0.39, 0.29) is 0 Å². The highest BCUT2D eigenvalue weighted by molar-refractivity contribution is 5.97. The van der Waals surface area contributed by atoms with Crippen molar-refractivity contribution in [3.8, 4) is 11.3 Å². The van der Waals surface area contributed by atoms with Crippen LogP contribution in [-0.4, -0.2) is 4.98 Å². The third-order valence-corrected chi connectivity index (χ3v) is 5.64. The van der Waals surface area contributed by atoms with Crippen LogP contribution in [0.25, 0.3) is 32.8 Å². The van der Waals surface area contributed by atoms with Crippen molar-refractivity contribution in [3.63, 3.8) is 0 Å². The Labute approximate surface area is 148 Å². The topological polar surface area (TPSA) is 12.9 Å². The largest absolute Gasteiger partial charge is 0.256 e. The average molecular weight is 323 g/mol. The minimum absolute atomic E-state index is 0.752. The third-order valence-electron chi connectivity index (χ3n) is 5.64. The van der Waals surface area contributed by atoms with Crippen LogP contribution in [0.15, 0.2) is 72.9 Å². The zero-order valence-electron chi connectivity index (χ0n) is 14.3. The summed E-state index contributed by atoms with van der Waals surface area (Å²) in [4.78, 5) is 4.71. The van der Waals surface area contributed by atoms with Gasteiger partial charge in [-0.25, -0.2) is 0 Å².